The molecule has 0 saturated heterocycles. The number of benzene rings is 1. The van der Waals surface area contributed by atoms with Gasteiger partial charge >= 0.3 is 0 Å². The van der Waals surface area contributed by atoms with Crippen LogP contribution in [0.15, 0.2) is 30.6 Å². The highest BCUT2D eigenvalue weighted by Gasteiger charge is 2.10. The molecule has 0 spiro atoms. The van der Waals surface area contributed by atoms with E-state index in [9.17, 15) is 5.11 Å². The molecule has 0 aliphatic rings. The van der Waals surface area contributed by atoms with Crippen LogP contribution in [0.3, 0.4) is 0 Å². The molecule has 0 amide bonds. The third-order valence-corrected chi connectivity index (χ3v) is 3.62. The number of hydrogen-bond donors (Lipinski definition) is 3. The first-order valence-electron chi connectivity index (χ1n) is 7.56. The van der Waals surface area contributed by atoms with Crippen LogP contribution >= 0.6 is 0 Å². The molecule has 1 atom stereocenters. The fourth-order valence-corrected chi connectivity index (χ4v) is 2.50. The van der Waals surface area contributed by atoms with Crippen molar-refractivity contribution >= 4 is 10.9 Å². The molecule has 0 aliphatic heterocycles. The van der Waals surface area contributed by atoms with E-state index in [1.807, 2.05) is 38.4 Å². The molecule has 7 heteroatoms. The topological polar surface area (TPSA) is 88.0 Å². The summed E-state index contributed by atoms with van der Waals surface area (Å²) in [5.74, 6) is 0.736. The molecular weight excluding hydrogens is 294 g/mol. The summed E-state index contributed by atoms with van der Waals surface area (Å²) >= 11 is 0. The van der Waals surface area contributed by atoms with Crippen molar-refractivity contribution in [2.24, 2.45) is 7.05 Å². The van der Waals surface area contributed by atoms with Crippen LogP contribution in [0.5, 0.6) is 5.75 Å². The van der Waals surface area contributed by atoms with Gasteiger partial charge in [0.15, 0.2) is 0 Å². The Hall–Kier alpha value is -2.38. The van der Waals surface area contributed by atoms with Crippen molar-refractivity contribution < 1.29 is 9.84 Å². The van der Waals surface area contributed by atoms with Gasteiger partial charge in [-0.25, -0.2) is 0 Å². The van der Waals surface area contributed by atoms with Crippen LogP contribution in [0.25, 0.3) is 10.9 Å². The van der Waals surface area contributed by atoms with Crippen molar-refractivity contribution in [2.75, 3.05) is 13.2 Å². The van der Waals surface area contributed by atoms with Crippen molar-refractivity contribution in [3.8, 4) is 5.75 Å². The predicted molar refractivity (Wildman–Crippen MR) is 87.2 cm³/mol. The highest BCUT2D eigenvalue weighted by Crippen LogP contribution is 2.26. The molecule has 122 valence electrons. The molecule has 0 radical (unpaired) electrons. The SMILES string of the molecule is Cc1[nH]nc2cccc(OC[C@@H](O)CNCc3cnn(C)c3)c12. The third-order valence-electron chi connectivity index (χ3n) is 3.62. The highest BCUT2D eigenvalue weighted by atomic mass is 16.5. The van der Waals surface area contributed by atoms with Gasteiger partial charge in [0.1, 0.15) is 18.5 Å². The van der Waals surface area contributed by atoms with Gasteiger partial charge in [0.25, 0.3) is 0 Å². The summed E-state index contributed by atoms with van der Waals surface area (Å²) in [5, 5.41) is 25.5. The number of hydrogen-bond acceptors (Lipinski definition) is 5. The summed E-state index contributed by atoms with van der Waals surface area (Å²) < 4.78 is 7.52. The van der Waals surface area contributed by atoms with E-state index < -0.39 is 6.10 Å². The zero-order valence-corrected chi connectivity index (χ0v) is 13.3. The quantitative estimate of drug-likeness (QED) is 0.608. The number of nitrogens with zero attached hydrogens (tertiary/aromatic N) is 3. The van der Waals surface area contributed by atoms with E-state index in [-0.39, 0.29) is 6.61 Å². The number of aryl methyl sites for hydroxylation is 2. The van der Waals surface area contributed by atoms with Gasteiger partial charge in [-0.3, -0.25) is 9.78 Å². The second-order valence-corrected chi connectivity index (χ2v) is 5.62. The number of H-pyrrole nitrogens is 1. The first-order chi connectivity index (χ1) is 11.1. The molecule has 3 rings (SSSR count). The summed E-state index contributed by atoms with van der Waals surface area (Å²) in [6.07, 6.45) is 3.16. The lowest BCUT2D eigenvalue weighted by Gasteiger charge is -2.13. The largest absolute Gasteiger partial charge is 0.490 e. The van der Waals surface area contributed by atoms with Gasteiger partial charge in [-0.2, -0.15) is 10.2 Å². The van der Waals surface area contributed by atoms with Crippen molar-refractivity contribution in [1.29, 1.82) is 0 Å². The molecule has 3 aromatic rings. The maximum Gasteiger partial charge on any atom is 0.130 e. The van der Waals surface area contributed by atoms with Crippen molar-refractivity contribution in [3.05, 3.63) is 41.9 Å². The molecule has 23 heavy (non-hydrogen) atoms. The summed E-state index contributed by atoms with van der Waals surface area (Å²) in [4.78, 5) is 0. The van der Waals surface area contributed by atoms with E-state index in [0.717, 1.165) is 27.9 Å². The Morgan fingerprint density at radius 2 is 2.30 bits per heavy atom. The number of aromatic amines is 1. The standard InChI is InChI=1S/C16H21N5O2/c1-11-16-14(20-19-11)4-3-5-15(16)23-10-13(22)8-17-6-12-7-18-21(2)9-12/h3-5,7,9,13,17,22H,6,8,10H2,1-2H3,(H,19,20)/t13-/m0/s1. The van der Waals surface area contributed by atoms with E-state index in [2.05, 4.69) is 20.6 Å². The monoisotopic (exact) mass is 315 g/mol. The number of aliphatic hydroxyl groups is 1. The lowest BCUT2D eigenvalue weighted by molar-refractivity contribution is 0.107. The van der Waals surface area contributed by atoms with Gasteiger partial charge in [0.2, 0.25) is 0 Å². The summed E-state index contributed by atoms with van der Waals surface area (Å²) in [6.45, 7) is 3.30. The average molecular weight is 315 g/mol. The summed E-state index contributed by atoms with van der Waals surface area (Å²) in [7, 11) is 1.88. The molecule has 0 bridgehead atoms. The lowest BCUT2D eigenvalue weighted by Crippen LogP contribution is -2.31. The van der Waals surface area contributed by atoms with Crippen LogP contribution in [0.4, 0.5) is 0 Å². The van der Waals surface area contributed by atoms with Crippen molar-refractivity contribution in [1.82, 2.24) is 25.3 Å². The first kappa shape index (κ1) is 15.5. The minimum Gasteiger partial charge on any atom is -0.490 e. The molecule has 1 aromatic carbocycles. The van der Waals surface area contributed by atoms with E-state index >= 15 is 0 Å². The van der Waals surface area contributed by atoms with Crippen molar-refractivity contribution in [3.63, 3.8) is 0 Å². The zero-order valence-electron chi connectivity index (χ0n) is 13.3. The predicted octanol–water partition coefficient (Wildman–Crippen LogP) is 1.13. The number of fused-ring (bicyclic) bond motifs is 1. The highest BCUT2D eigenvalue weighted by molar-refractivity contribution is 5.87. The molecule has 0 fully saturated rings. The Morgan fingerprint density at radius 1 is 1.43 bits per heavy atom. The first-order valence-corrected chi connectivity index (χ1v) is 7.56. The molecule has 2 heterocycles. The van der Waals surface area contributed by atoms with Gasteiger partial charge in [-0.15, -0.1) is 0 Å². The smallest absolute Gasteiger partial charge is 0.130 e. The van der Waals surface area contributed by atoms with Crippen LogP contribution in [0, 0.1) is 6.92 Å². The van der Waals surface area contributed by atoms with E-state index in [1.54, 1.807) is 10.9 Å². The fourth-order valence-electron chi connectivity index (χ4n) is 2.50. The summed E-state index contributed by atoms with van der Waals surface area (Å²) in [6, 6.07) is 5.71. The van der Waals surface area contributed by atoms with E-state index in [0.29, 0.717) is 13.1 Å². The molecule has 7 nitrogen and oxygen atoms in total. The Bertz CT molecular complexity index is 780. The Kier molecular flexibility index (Phi) is 4.59. The third kappa shape index (κ3) is 3.69. The minimum absolute atomic E-state index is 0.226. The number of rotatable bonds is 7. The number of ether oxygens (including phenoxy) is 1. The fraction of sp³-hybridized carbons (Fsp3) is 0.375. The number of aliphatic hydroxyl groups excluding tert-OH is 1. The number of nitrogens with one attached hydrogen (secondary N) is 2. The van der Waals surface area contributed by atoms with Crippen molar-refractivity contribution in [2.45, 2.75) is 19.6 Å². The van der Waals surface area contributed by atoms with Gasteiger partial charge < -0.3 is 15.2 Å². The Balaban J connectivity index is 1.50. The molecule has 0 aliphatic carbocycles. The van der Waals surface area contributed by atoms with Gasteiger partial charge in [-0.1, -0.05) is 6.07 Å². The van der Waals surface area contributed by atoms with Crippen LogP contribution in [0.1, 0.15) is 11.3 Å². The maximum absolute atomic E-state index is 10.1. The Morgan fingerprint density at radius 3 is 3.09 bits per heavy atom. The molecule has 2 aromatic heterocycles. The average Bonchev–Trinajstić information content (AvgIpc) is 3.12. The summed E-state index contributed by atoms with van der Waals surface area (Å²) in [5.41, 5.74) is 2.91. The van der Waals surface area contributed by atoms with Gasteiger partial charge in [-0.05, 0) is 19.1 Å². The molecule has 0 saturated carbocycles. The van der Waals surface area contributed by atoms with E-state index in [4.69, 9.17) is 4.74 Å². The van der Waals surface area contributed by atoms with Crippen LogP contribution in [0.2, 0.25) is 0 Å². The van der Waals surface area contributed by atoms with Crippen LogP contribution in [-0.4, -0.2) is 44.3 Å². The zero-order chi connectivity index (χ0) is 16.2. The molecular formula is C16H21N5O2. The van der Waals surface area contributed by atoms with Gasteiger partial charge in [0, 0.05) is 37.6 Å². The lowest BCUT2D eigenvalue weighted by atomic mass is 10.2. The van der Waals surface area contributed by atoms with Crippen LogP contribution in [-0.2, 0) is 13.6 Å². The maximum atomic E-state index is 10.1. The van der Waals surface area contributed by atoms with Crippen LogP contribution < -0.4 is 10.1 Å². The second kappa shape index (κ2) is 6.80. The van der Waals surface area contributed by atoms with E-state index in [1.165, 1.54) is 0 Å². The molecule has 3 N–H and O–H groups in total. The normalized spacial score (nSPS) is 12.7. The number of aromatic nitrogens is 4. The molecule has 0 unspecified atom stereocenters. The Labute approximate surface area is 134 Å². The second-order valence-electron chi connectivity index (χ2n) is 5.62. The van der Waals surface area contributed by atoms with Gasteiger partial charge in [0.05, 0.1) is 17.1 Å². The minimum atomic E-state index is -0.589.